The van der Waals surface area contributed by atoms with E-state index in [-0.39, 0.29) is 0 Å². The molecule has 0 fully saturated rings. The lowest BCUT2D eigenvalue weighted by Gasteiger charge is -2.30. The second-order valence-electron chi connectivity index (χ2n) is 18.8. The van der Waals surface area contributed by atoms with E-state index in [1.54, 1.807) is 0 Å². The molecule has 0 aliphatic heterocycles. The first-order valence-electron chi connectivity index (χ1n) is 24.8. The van der Waals surface area contributed by atoms with Gasteiger partial charge in [-0.1, -0.05) is 231 Å². The van der Waals surface area contributed by atoms with E-state index < -0.39 is 0 Å². The maximum Gasteiger partial charge on any atom is 0.0540 e. The van der Waals surface area contributed by atoms with Gasteiger partial charge in [0.25, 0.3) is 0 Å². The number of benzene rings is 14. The van der Waals surface area contributed by atoms with E-state index in [0.29, 0.717) is 0 Å². The van der Waals surface area contributed by atoms with Crippen LogP contribution in [0.25, 0.3) is 97.7 Å². The Morgan fingerprint density at radius 1 is 0.194 bits per heavy atom. The minimum absolute atomic E-state index is 1.09. The van der Waals surface area contributed by atoms with Crippen molar-refractivity contribution >= 4 is 110 Å². The Kier molecular flexibility index (Phi) is 9.89. The Hall–Kier alpha value is -9.50. The molecule has 0 aliphatic rings. The van der Waals surface area contributed by atoms with Crippen molar-refractivity contribution < 1.29 is 0 Å². The Balaban J connectivity index is 1.12. The van der Waals surface area contributed by atoms with Crippen LogP contribution in [0.3, 0.4) is 0 Å². The molecule has 14 aromatic rings. The Morgan fingerprint density at radius 3 is 0.944 bits per heavy atom. The van der Waals surface area contributed by atoms with Crippen molar-refractivity contribution in [3.8, 4) is 22.3 Å². The van der Waals surface area contributed by atoms with E-state index in [0.717, 1.165) is 34.1 Å². The van der Waals surface area contributed by atoms with Crippen LogP contribution >= 0.6 is 0 Å². The Morgan fingerprint density at radius 2 is 0.514 bits per heavy atom. The predicted molar refractivity (Wildman–Crippen MR) is 309 cm³/mol. The van der Waals surface area contributed by atoms with E-state index in [1.807, 2.05) is 0 Å². The lowest BCUT2D eigenvalue weighted by molar-refractivity contribution is 1.32. The molecule has 0 saturated heterocycles. The maximum absolute atomic E-state index is 2.48. The van der Waals surface area contributed by atoms with Crippen LogP contribution in [-0.4, -0.2) is 0 Å². The standard InChI is InChI=1S/C70H46N2/c1-2-24-52(25-3-1)69-61-43-41-54(72(67-39-17-29-50-22-7-12-34-58(50)67)68-40-18-30-51-23-8-13-35-59(51)68)46-64(61)70(60-36-14-26-47-19-4-9-31-55(47)60)62-44-42-53(45-63(62)69)71(65-37-15-27-48-20-5-10-32-56(48)65)66-38-16-28-49-21-6-11-33-57(49)66/h1-46H. The van der Waals surface area contributed by atoms with E-state index in [1.165, 1.54) is 97.7 Å². The van der Waals surface area contributed by atoms with Crippen molar-refractivity contribution in [3.63, 3.8) is 0 Å². The SMILES string of the molecule is c1ccc(-c2c3cc(N(c4cccc5ccccc45)c4cccc5ccccc45)ccc3c(-c3cccc4ccccc34)c3cc(N(c4cccc5ccccc45)c4cccc5ccccc45)ccc23)cc1. The maximum atomic E-state index is 2.48. The number of fused-ring (bicyclic) bond motifs is 7. The van der Waals surface area contributed by atoms with Crippen molar-refractivity contribution in [2.45, 2.75) is 0 Å². The molecule has 0 heterocycles. The molecule has 72 heavy (non-hydrogen) atoms. The first-order valence-corrected chi connectivity index (χ1v) is 24.8. The number of anilines is 6. The highest BCUT2D eigenvalue weighted by Crippen LogP contribution is 2.51. The van der Waals surface area contributed by atoms with Crippen molar-refractivity contribution in [2.75, 3.05) is 9.80 Å². The van der Waals surface area contributed by atoms with E-state index in [9.17, 15) is 0 Å². The summed E-state index contributed by atoms with van der Waals surface area (Å²) in [6.45, 7) is 0. The van der Waals surface area contributed by atoms with Gasteiger partial charge in [-0.3, -0.25) is 0 Å². The molecule has 0 unspecified atom stereocenters. The zero-order valence-corrected chi connectivity index (χ0v) is 39.5. The van der Waals surface area contributed by atoms with Crippen molar-refractivity contribution in [2.24, 2.45) is 0 Å². The summed E-state index contributed by atoms with van der Waals surface area (Å²) in [5.74, 6) is 0. The number of hydrogen-bond donors (Lipinski definition) is 0. The highest BCUT2D eigenvalue weighted by atomic mass is 15.2. The van der Waals surface area contributed by atoms with Crippen LogP contribution in [0, 0.1) is 0 Å². The van der Waals surface area contributed by atoms with E-state index in [4.69, 9.17) is 0 Å². The summed E-state index contributed by atoms with van der Waals surface area (Å²) >= 11 is 0. The fraction of sp³-hybridized carbons (Fsp3) is 0. The normalized spacial score (nSPS) is 11.6. The van der Waals surface area contributed by atoms with Crippen LogP contribution in [0.2, 0.25) is 0 Å². The molecular weight excluding hydrogens is 869 g/mol. The van der Waals surface area contributed by atoms with Gasteiger partial charge in [-0.2, -0.15) is 0 Å². The summed E-state index contributed by atoms with van der Waals surface area (Å²) in [4.78, 5) is 4.97. The van der Waals surface area contributed by atoms with Gasteiger partial charge in [-0.25, -0.2) is 0 Å². The first-order chi connectivity index (χ1) is 35.7. The minimum Gasteiger partial charge on any atom is -0.309 e. The molecule has 0 amide bonds. The van der Waals surface area contributed by atoms with Crippen LogP contribution in [-0.2, 0) is 0 Å². The van der Waals surface area contributed by atoms with Gasteiger partial charge in [0, 0.05) is 32.9 Å². The molecule has 0 aromatic heterocycles. The second-order valence-corrected chi connectivity index (χ2v) is 18.8. The van der Waals surface area contributed by atoms with Gasteiger partial charge in [0.2, 0.25) is 0 Å². The third-order valence-electron chi connectivity index (χ3n) is 14.8. The predicted octanol–water partition coefficient (Wildman–Crippen LogP) is 20.0. The van der Waals surface area contributed by atoms with Crippen LogP contribution in [0.4, 0.5) is 34.1 Å². The highest BCUT2D eigenvalue weighted by Gasteiger charge is 2.25. The lowest BCUT2D eigenvalue weighted by Crippen LogP contribution is -2.11. The summed E-state index contributed by atoms with van der Waals surface area (Å²) < 4.78 is 0. The van der Waals surface area contributed by atoms with Gasteiger partial charge < -0.3 is 9.80 Å². The number of nitrogens with zero attached hydrogens (tertiary/aromatic N) is 2. The molecule has 0 N–H and O–H groups in total. The Bertz CT molecular complexity index is 4230. The third-order valence-corrected chi connectivity index (χ3v) is 14.8. The van der Waals surface area contributed by atoms with Crippen LogP contribution < -0.4 is 9.80 Å². The number of rotatable bonds is 8. The minimum atomic E-state index is 1.09. The molecule has 0 aliphatic carbocycles. The zero-order chi connectivity index (χ0) is 47.5. The zero-order valence-electron chi connectivity index (χ0n) is 39.5. The molecule has 0 spiro atoms. The smallest absolute Gasteiger partial charge is 0.0540 e. The summed E-state index contributed by atoms with van der Waals surface area (Å²) in [7, 11) is 0. The van der Waals surface area contributed by atoms with Gasteiger partial charge >= 0.3 is 0 Å². The largest absolute Gasteiger partial charge is 0.309 e. The van der Waals surface area contributed by atoms with Gasteiger partial charge in [-0.05, 0) is 125 Å². The average molecular weight is 915 g/mol. The van der Waals surface area contributed by atoms with Crippen molar-refractivity contribution in [1.82, 2.24) is 0 Å². The molecule has 0 bridgehead atoms. The molecule has 2 nitrogen and oxygen atoms in total. The summed E-state index contributed by atoms with van der Waals surface area (Å²) in [6, 6.07) is 103. The van der Waals surface area contributed by atoms with Crippen LogP contribution in [0.1, 0.15) is 0 Å². The monoisotopic (exact) mass is 914 g/mol. The molecule has 2 heteroatoms. The van der Waals surface area contributed by atoms with Crippen LogP contribution in [0.15, 0.2) is 279 Å². The number of hydrogen-bond acceptors (Lipinski definition) is 2. The van der Waals surface area contributed by atoms with Crippen molar-refractivity contribution in [3.05, 3.63) is 279 Å². The lowest BCUT2D eigenvalue weighted by atomic mass is 9.84. The second kappa shape index (κ2) is 17.2. The molecule has 0 saturated carbocycles. The van der Waals surface area contributed by atoms with Gasteiger partial charge in [0.15, 0.2) is 0 Å². The van der Waals surface area contributed by atoms with Gasteiger partial charge in [0.1, 0.15) is 0 Å². The van der Waals surface area contributed by atoms with Crippen molar-refractivity contribution in [1.29, 1.82) is 0 Å². The molecular formula is C70H46N2. The summed E-state index contributed by atoms with van der Waals surface area (Å²) in [5, 5.41) is 16.8. The summed E-state index contributed by atoms with van der Waals surface area (Å²) in [5.41, 5.74) is 11.5. The van der Waals surface area contributed by atoms with Gasteiger partial charge in [0.05, 0.1) is 22.7 Å². The average Bonchev–Trinajstić information content (AvgIpc) is 3.45. The summed E-state index contributed by atoms with van der Waals surface area (Å²) in [6.07, 6.45) is 0. The van der Waals surface area contributed by atoms with E-state index in [2.05, 4.69) is 289 Å². The molecule has 14 rings (SSSR count). The molecule has 0 radical (unpaired) electrons. The highest BCUT2D eigenvalue weighted by molar-refractivity contribution is 6.25. The van der Waals surface area contributed by atoms with E-state index >= 15 is 0 Å². The topological polar surface area (TPSA) is 6.48 Å². The third kappa shape index (κ3) is 6.80. The fourth-order valence-electron chi connectivity index (χ4n) is 11.6. The quantitative estimate of drug-likeness (QED) is 0.140. The fourth-order valence-corrected chi connectivity index (χ4v) is 11.6. The Labute approximate surface area is 418 Å². The van der Waals surface area contributed by atoms with Gasteiger partial charge in [-0.15, -0.1) is 0 Å². The molecule has 14 aromatic carbocycles. The molecule has 336 valence electrons. The van der Waals surface area contributed by atoms with Crippen LogP contribution in [0.5, 0.6) is 0 Å². The first kappa shape index (κ1) is 41.5. The molecule has 0 atom stereocenters.